The Bertz CT molecular complexity index is 863. The van der Waals surface area contributed by atoms with Crippen molar-refractivity contribution < 1.29 is 40.9 Å². The number of hydrogen-bond donors (Lipinski definition) is 2. The van der Waals surface area contributed by atoms with E-state index in [2.05, 4.69) is 4.74 Å². The number of nitrogens with two attached hydrogens (primary N) is 1. The SMILES string of the molecule is CC(N)(CO)CCc1ccc(OCCCc2ccc(OC(F)(F)F)cc2)c(C(F)(F)F)c1. The highest BCUT2D eigenvalue weighted by molar-refractivity contribution is 5.39. The molecule has 0 spiro atoms. The molecule has 0 radical (unpaired) electrons. The molecule has 0 aliphatic carbocycles. The summed E-state index contributed by atoms with van der Waals surface area (Å²) in [4.78, 5) is 0. The molecule has 0 heterocycles. The molecule has 3 N–H and O–H groups in total. The summed E-state index contributed by atoms with van der Waals surface area (Å²) in [6.45, 7) is 1.33. The predicted molar refractivity (Wildman–Crippen MR) is 106 cm³/mol. The van der Waals surface area contributed by atoms with Crippen molar-refractivity contribution in [2.75, 3.05) is 13.2 Å². The molecular weight excluding hydrogens is 440 g/mol. The second-order valence-corrected chi connectivity index (χ2v) is 7.78. The van der Waals surface area contributed by atoms with Crippen LogP contribution >= 0.6 is 0 Å². The van der Waals surface area contributed by atoms with Crippen LogP contribution in [0.3, 0.4) is 0 Å². The maximum Gasteiger partial charge on any atom is 0.573 e. The topological polar surface area (TPSA) is 64.7 Å². The van der Waals surface area contributed by atoms with Crippen molar-refractivity contribution in [1.82, 2.24) is 0 Å². The number of ether oxygens (including phenoxy) is 2. The normalized spacial score (nSPS) is 14.2. The second kappa shape index (κ2) is 10.4. The molecular formula is C22H25F6NO3. The van der Waals surface area contributed by atoms with Crippen molar-refractivity contribution in [3.05, 3.63) is 59.2 Å². The van der Waals surface area contributed by atoms with Crippen LogP contribution in [0.25, 0.3) is 0 Å². The van der Waals surface area contributed by atoms with Gasteiger partial charge in [0.1, 0.15) is 11.5 Å². The molecule has 178 valence electrons. The minimum atomic E-state index is -4.77. The van der Waals surface area contributed by atoms with Gasteiger partial charge in [-0.25, -0.2) is 0 Å². The average Bonchev–Trinajstić information content (AvgIpc) is 2.69. The molecule has 0 amide bonds. The van der Waals surface area contributed by atoms with Crippen LogP contribution in [0.5, 0.6) is 11.5 Å². The van der Waals surface area contributed by atoms with Crippen LogP contribution in [-0.4, -0.2) is 30.2 Å². The minimum absolute atomic E-state index is 0.00534. The molecule has 0 saturated heterocycles. The smallest absolute Gasteiger partial charge is 0.493 e. The first-order valence-corrected chi connectivity index (χ1v) is 9.86. The van der Waals surface area contributed by atoms with Gasteiger partial charge in [-0.1, -0.05) is 18.2 Å². The lowest BCUT2D eigenvalue weighted by atomic mass is 9.94. The van der Waals surface area contributed by atoms with Gasteiger partial charge in [-0.3, -0.25) is 0 Å². The van der Waals surface area contributed by atoms with Gasteiger partial charge in [-0.2, -0.15) is 13.2 Å². The Morgan fingerprint density at radius 1 is 0.906 bits per heavy atom. The van der Waals surface area contributed by atoms with Crippen molar-refractivity contribution in [3.63, 3.8) is 0 Å². The fourth-order valence-corrected chi connectivity index (χ4v) is 2.91. The highest BCUT2D eigenvalue weighted by atomic mass is 19.4. The third-order valence-electron chi connectivity index (χ3n) is 4.72. The molecule has 0 aliphatic heterocycles. The van der Waals surface area contributed by atoms with E-state index in [0.29, 0.717) is 30.4 Å². The molecule has 0 bridgehead atoms. The standard InChI is InChI=1S/C22H25F6NO3/c1-20(29,14-30)11-10-16-6-9-19(18(13-16)21(23,24)25)31-12-2-3-15-4-7-17(8-5-15)32-22(26,27)28/h4-9,13,30H,2-3,10-12,14,29H2,1H3. The molecule has 2 aromatic rings. The van der Waals surface area contributed by atoms with Crippen LogP contribution in [0, 0.1) is 0 Å². The fraction of sp³-hybridized carbons (Fsp3) is 0.455. The van der Waals surface area contributed by atoms with E-state index in [1.54, 1.807) is 6.92 Å². The molecule has 32 heavy (non-hydrogen) atoms. The van der Waals surface area contributed by atoms with E-state index in [1.165, 1.54) is 36.4 Å². The van der Waals surface area contributed by atoms with Crippen molar-refractivity contribution in [2.24, 2.45) is 5.73 Å². The Morgan fingerprint density at radius 3 is 2.09 bits per heavy atom. The highest BCUT2D eigenvalue weighted by Crippen LogP contribution is 2.37. The number of aryl methyl sites for hydroxylation is 2. The van der Waals surface area contributed by atoms with Gasteiger partial charge in [-0.05, 0) is 68.0 Å². The summed E-state index contributed by atoms with van der Waals surface area (Å²) >= 11 is 0. The number of benzene rings is 2. The maximum atomic E-state index is 13.5. The van der Waals surface area contributed by atoms with Crippen LogP contribution < -0.4 is 15.2 Å². The lowest BCUT2D eigenvalue weighted by Gasteiger charge is -2.22. The van der Waals surface area contributed by atoms with E-state index in [0.717, 1.165) is 6.07 Å². The van der Waals surface area contributed by atoms with Gasteiger partial charge in [-0.15, -0.1) is 13.2 Å². The van der Waals surface area contributed by atoms with E-state index in [1.807, 2.05) is 0 Å². The lowest BCUT2D eigenvalue weighted by Crippen LogP contribution is -2.40. The summed E-state index contributed by atoms with van der Waals surface area (Å²) in [5.41, 5.74) is 5.17. The van der Waals surface area contributed by atoms with Crippen molar-refractivity contribution in [2.45, 2.75) is 50.7 Å². The zero-order valence-electron chi connectivity index (χ0n) is 17.4. The van der Waals surface area contributed by atoms with Crippen LogP contribution in [0.2, 0.25) is 0 Å². The molecule has 0 aliphatic rings. The van der Waals surface area contributed by atoms with E-state index >= 15 is 0 Å². The summed E-state index contributed by atoms with van der Waals surface area (Å²) in [5.74, 6) is -0.644. The van der Waals surface area contributed by atoms with Crippen LogP contribution in [0.1, 0.15) is 36.5 Å². The first-order valence-electron chi connectivity index (χ1n) is 9.86. The minimum Gasteiger partial charge on any atom is -0.493 e. The first kappa shape index (κ1) is 25.8. The largest absolute Gasteiger partial charge is 0.573 e. The van der Waals surface area contributed by atoms with Crippen molar-refractivity contribution >= 4 is 0 Å². The second-order valence-electron chi connectivity index (χ2n) is 7.78. The number of halogens is 6. The van der Waals surface area contributed by atoms with E-state index in [4.69, 9.17) is 10.5 Å². The highest BCUT2D eigenvalue weighted by Gasteiger charge is 2.35. The van der Waals surface area contributed by atoms with Gasteiger partial charge in [0.15, 0.2) is 0 Å². The van der Waals surface area contributed by atoms with Gasteiger partial charge in [0, 0.05) is 5.54 Å². The summed E-state index contributed by atoms with van der Waals surface area (Å²) in [6, 6.07) is 9.05. The molecule has 2 aromatic carbocycles. The van der Waals surface area contributed by atoms with Gasteiger partial charge in [0.2, 0.25) is 0 Å². The average molecular weight is 465 g/mol. The Morgan fingerprint density at radius 2 is 1.53 bits per heavy atom. The quantitative estimate of drug-likeness (QED) is 0.371. The van der Waals surface area contributed by atoms with Crippen molar-refractivity contribution in [1.29, 1.82) is 0 Å². The summed E-state index contributed by atoms with van der Waals surface area (Å²) in [6.07, 6.45) is -8.03. The van der Waals surface area contributed by atoms with Gasteiger partial charge >= 0.3 is 12.5 Å². The summed E-state index contributed by atoms with van der Waals surface area (Å²) < 4.78 is 86.0. The zero-order valence-corrected chi connectivity index (χ0v) is 17.4. The van der Waals surface area contributed by atoms with E-state index < -0.39 is 23.6 Å². The van der Waals surface area contributed by atoms with E-state index in [-0.39, 0.29) is 31.1 Å². The number of rotatable bonds is 10. The predicted octanol–water partition coefficient (Wildman–Crippen LogP) is 5.26. The monoisotopic (exact) mass is 465 g/mol. The Balaban J connectivity index is 1.94. The van der Waals surface area contributed by atoms with Gasteiger partial charge in [0.05, 0.1) is 18.8 Å². The third kappa shape index (κ3) is 8.58. The first-order chi connectivity index (χ1) is 14.8. The van der Waals surface area contributed by atoms with E-state index in [9.17, 15) is 31.4 Å². The molecule has 0 aromatic heterocycles. The zero-order chi connectivity index (χ0) is 24.0. The lowest BCUT2D eigenvalue weighted by molar-refractivity contribution is -0.274. The maximum absolute atomic E-state index is 13.5. The van der Waals surface area contributed by atoms with Crippen LogP contribution in [0.15, 0.2) is 42.5 Å². The third-order valence-corrected chi connectivity index (χ3v) is 4.72. The molecule has 1 unspecified atom stereocenters. The van der Waals surface area contributed by atoms with Gasteiger partial charge in [0.25, 0.3) is 0 Å². The number of aliphatic hydroxyl groups is 1. The van der Waals surface area contributed by atoms with Crippen LogP contribution in [-0.2, 0) is 19.0 Å². The summed E-state index contributed by atoms with van der Waals surface area (Å²) in [5, 5.41) is 9.18. The fourth-order valence-electron chi connectivity index (χ4n) is 2.91. The van der Waals surface area contributed by atoms with Crippen LogP contribution in [0.4, 0.5) is 26.3 Å². The molecule has 4 nitrogen and oxygen atoms in total. The molecule has 0 saturated carbocycles. The summed E-state index contributed by atoms with van der Waals surface area (Å²) in [7, 11) is 0. The Kier molecular flexibility index (Phi) is 8.41. The number of aliphatic hydroxyl groups excluding tert-OH is 1. The molecule has 0 fully saturated rings. The number of alkyl halides is 6. The Labute approximate surface area is 181 Å². The van der Waals surface area contributed by atoms with Gasteiger partial charge < -0.3 is 20.3 Å². The molecule has 2 rings (SSSR count). The van der Waals surface area contributed by atoms with Crippen molar-refractivity contribution in [3.8, 4) is 11.5 Å². The molecule has 10 heteroatoms. The number of hydrogen-bond acceptors (Lipinski definition) is 4. The Hall–Kier alpha value is -2.46. The molecule has 1 atom stereocenters.